The van der Waals surface area contributed by atoms with Crippen LogP contribution in [0, 0.1) is 6.92 Å². The average Bonchev–Trinajstić information content (AvgIpc) is 3.22. The molecule has 1 fully saturated rings. The molecule has 0 unspecified atom stereocenters. The number of benzene rings is 2. The van der Waals surface area contributed by atoms with Gasteiger partial charge in [-0.1, -0.05) is 6.07 Å². The van der Waals surface area contributed by atoms with Gasteiger partial charge >= 0.3 is 0 Å². The number of methoxy groups -OCH3 is 2. The smallest absolute Gasteiger partial charge is 0.161 e. The summed E-state index contributed by atoms with van der Waals surface area (Å²) in [6, 6.07) is 10.5. The molecule has 0 aliphatic carbocycles. The van der Waals surface area contributed by atoms with Crippen LogP contribution in [0.25, 0.3) is 22.4 Å². The summed E-state index contributed by atoms with van der Waals surface area (Å²) in [4.78, 5) is 11.0. The summed E-state index contributed by atoms with van der Waals surface area (Å²) in [6.45, 7) is 6.69. The number of nitrogens with one attached hydrogen (secondary N) is 2. The lowest BCUT2D eigenvalue weighted by atomic mass is 9.88. The fraction of sp³-hybridized carbons (Fsp3) is 0.458. The lowest BCUT2D eigenvalue weighted by Crippen LogP contribution is -2.37. The van der Waals surface area contributed by atoms with Gasteiger partial charge in [0.2, 0.25) is 0 Å². The number of H-pyrrole nitrogens is 1. The highest BCUT2D eigenvalue weighted by atomic mass is 16.5. The minimum Gasteiger partial charge on any atom is -0.493 e. The number of likely N-dealkylation sites (tertiary alicyclic amines) is 1. The first-order chi connectivity index (χ1) is 14.6. The van der Waals surface area contributed by atoms with Crippen molar-refractivity contribution >= 4 is 11.0 Å². The number of hydrogen-bond acceptors (Lipinski definition) is 5. The van der Waals surface area contributed by atoms with Crippen LogP contribution in [0.5, 0.6) is 11.5 Å². The van der Waals surface area contributed by atoms with Gasteiger partial charge in [-0.3, -0.25) is 0 Å². The fourth-order valence-corrected chi connectivity index (χ4v) is 4.43. The third-order valence-electron chi connectivity index (χ3n) is 6.19. The highest BCUT2D eigenvalue weighted by Gasteiger charge is 2.21. The quantitative estimate of drug-likeness (QED) is 0.620. The topological polar surface area (TPSA) is 62.4 Å². The largest absolute Gasteiger partial charge is 0.493 e. The number of aromatic amines is 1. The molecule has 0 bridgehead atoms. The van der Waals surface area contributed by atoms with E-state index in [1.807, 2.05) is 25.2 Å². The molecule has 1 aliphatic rings. The number of rotatable bonds is 7. The van der Waals surface area contributed by atoms with Gasteiger partial charge in [0.25, 0.3) is 0 Å². The van der Waals surface area contributed by atoms with E-state index in [1.165, 1.54) is 37.1 Å². The van der Waals surface area contributed by atoms with Crippen molar-refractivity contribution in [3.05, 3.63) is 41.5 Å². The van der Waals surface area contributed by atoms with E-state index in [0.717, 1.165) is 41.3 Å². The van der Waals surface area contributed by atoms with Crippen LogP contribution in [0.3, 0.4) is 0 Å². The molecule has 1 saturated heterocycles. The number of imidazole rings is 1. The molecule has 2 N–H and O–H groups in total. The first-order valence-electron chi connectivity index (χ1n) is 10.7. The van der Waals surface area contributed by atoms with Crippen molar-refractivity contribution in [1.82, 2.24) is 20.2 Å². The molecule has 3 aromatic rings. The standard InChI is InChI=1S/C24H32N4O2/c1-16-13-19(17-7-10-28(11-8-17)12-9-25-2)14-20-23(16)27-24(26-20)18-5-6-21(29-3)22(15-18)30-4/h5-6,13-15,17,25H,7-12H2,1-4H3,(H,26,27). The van der Waals surface area contributed by atoms with Gasteiger partial charge in [0.15, 0.2) is 11.5 Å². The Hall–Kier alpha value is -2.57. The molecule has 1 aliphatic heterocycles. The Morgan fingerprint density at radius 2 is 1.87 bits per heavy atom. The lowest BCUT2D eigenvalue weighted by Gasteiger charge is -2.32. The number of ether oxygens (including phenoxy) is 2. The monoisotopic (exact) mass is 408 g/mol. The maximum atomic E-state index is 5.45. The number of aromatic nitrogens is 2. The zero-order valence-electron chi connectivity index (χ0n) is 18.4. The minimum atomic E-state index is 0.617. The Balaban J connectivity index is 1.58. The van der Waals surface area contributed by atoms with Gasteiger partial charge in [-0.25, -0.2) is 4.98 Å². The van der Waals surface area contributed by atoms with E-state index >= 15 is 0 Å². The van der Waals surface area contributed by atoms with Gasteiger partial charge < -0.3 is 24.7 Å². The molecule has 0 saturated carbocycles. The Labute approximate surface area is 178 Å². The molecule has 6 heteroatoms. The van der Waals surface area contributed by atoms with Gasteiger partial charge in [-0.15, -0.1) is 0 Å². The normalized spacial score (nSPS) is 15.6. The fourth-order valence-electron chi connectivity index (χ4n) is 4.43. The molecule has 0 radical (unpaired) electrons. The second-order valence-electron chi connectivity index (χ2n) is 8.11. The third-order valence-corrected chi connectivity index (χ3v) is 6.19. The van der Waals surface area contributed by atoms with Gasteiger partial charge in [0.1, 0.15) is 5.82 Å². The Morgan fingerprint density at radius 3 is 2.57 bits per heavy atom. The summed E-state index contributed by atoms with van der Waals surface area (Å²) in [5.41, 5.74) is 5.78. The number of likely N-dealkylation sites (N-methyl/N-ethyl adjacent to an activating group) is 1. The maximum Gasteiger partial charge on any atom is 0.161 e. The molecule has 1 aromatic heterocycles. The first kappa shape index (κ1) is 20.7. The molecule has 0 spiro atoms. The lowest BCUT2D eigenvalue weighted by molar-refractivity contribution is 0.214. The third kappa shape index (κ3) is 4.16. The van der Waals surface area contributed by atoms with E-state index in [9.17, 15) is 0 Å². The van der Waals surface area contributed by atoms with Gasteiger partial charge in [0.05, 0.1) is 25.3 Å². The second-order valence-corrected chi connectivity index (χ2v) is 8.11. The van der Waals surface area contributed by atoms with Gasteiger partial charge in [-0.05, 0) is 81.2 Å². The average molecular weight is 409 g/mol. The predicted octanol–water partition coefficient (Wildman–Crippen LogP) is 3.95. The van der Waals surface area contributed by atoms with Gasteiger partial charge in [0, 0.05) is 18.7 Å². The van der Waals surface area contributed by atoms with Gasteiger partial charge in [-0.2, -0.15) is 0 Å². The van der Waals surface area contributed by atoms with Crippen molar-refractivity contribution in [3.8, 4) is 22.9 Å². The molecule has 30 heavy (non-hydrogen) atoms. The van der Waals surface area contributed by atoms with Crippen LogP contribution in [0.4, 0.5) is 0 Å². The Bertz CT molecular complexity index is 1010. The van der Waals surface area contributed by atoms with Crippen molar-refractivity contribution in [2.75, 3.05) is 47.4 Å². The van der Waals surface area contributed by atoms with E-state index < -0.39 is 0 Å². The van der Waals surface area contributed by atoms with Crippen LogP contribution in [-0.4, -0.2) is 62.3 Å². The molecule has 2 heterocycles. The zero-order valence-corrected chi connectivity index (χ0v) is 18.4. The number of hydrogen-bond donors (Lipinski definition) is 2. The van der Waals surface area contributed by atoms with E-state index in [1.54, 1.807) is 14.2 Å². The van der Waals surface area contributed by atoms with Crippen molar-refractivity contribution in [3.63, 3.8) is 0 Å². The second kappa shape index (κ2) is 9.06. The van der Waals surface area contributed by atoms with Crippen LogP contribution in [0.15, 0.2) is 30.3 Å². The number of nitrogens with zero attached hydrogens (tertiary/aromatic N) is 2. The zero-order chi connectivity index (χ0) is 21.1. The molecule has 2 aromatic carbocycles. The summed E-state index contributed by atoms with van der Waals surface area (Å²) >= 11 is 0. The van der Waals surface area contributed by atoms with E-state index in [4.69, 9.17) is 14.5 Å². The van der Waals surface area contributed by atoms with E-state index in [2.05, 4.69) is 34.3 Å². The van der Waals surface area contributed by atoms with E-state index in [-0.39, 0.29) is 0 Å². The summed E-state index contributed by atoms with van der Waals surface area (Å²) in [7, 11) is 5.32. The molecule has 160 valence electrons. The van der Waals surface area contributed by atoms with Crippen molar-refractivity contribution in [1.29, 1.82) is 0 Å². The van der Waals surface area contributed by atoms with Crippen LogP contribution in [-0.2, 0) is 0 Å². The van der Waals surface area contributed by atoms with Crippen molar-refractivity contribution in [2.45, 2.75) is 25.7 Å². The van der Waals surface area contributed by atoms with Crippen molar-refractivity contribution in [2.24, 2.45) is 0 Å². The molecule has 0 atom stereocenters. The Kier molecular flexibility index (Phi) is 6.25. The molecular weight excluding hydrogens is 376 g/mol. The van der Waals surface area contributed by atoms with Crippen LogP contribution < -0.4 is 14.8 Å². The summed E-state index contributed by atoms with van der Waals surface area (Å²) in [5.74, 6) is 2.90. The predicted molar refractivity (Wildman–Crippen MR) is 122 cm³/mol. The highest BCUT2D eigenvalue weighted by molar-refractivity contribution is 5.83. The summed E-state index contributed by atoms with van der Waals surface area (Å²) < 4.78 is 10.8. The van der Waals surface area contributed by atoms with Crippen LogP contribution >= 0.6 is 0 Å². The minimum absolute atomic E-state index is 0.617. The molecule has 6 nitrogen and oxygen atoms in total. The molecule has 4 rings (SSSR count). The first-order valence-corrected chi connectivity index (χ1v) is 10.7. The van der Waals surface area contributed by atoms with Crippen LogP contribution in [0.1, 0.15) is 29.9 Å². The van der Waals surface area contributed by atoms with Crippen molar-refractivity contribution < 1.29 is 9.47 Å². The Morgan fingerprint density at radius 1 is 1.10 bits per heavy atom. The number of piperidine rings is 1. The highest BCUT2D eigenvalue weighted by Crippen LogP contribution is 2.34. The SMILES string of the molecule is CNCCN1CCC(c2cc(C)c3nc(-c4ccc(OC)c(OC)c4)[nH]c3c2)CC1. The maximum absolute atomic E-state index is 5.45. The summed E-state index contributed by atoms with van der Waals surface area (Å²) in [5, 5.41) is 3.25. The number of aryl methyl sites for hydroxylation is 1. The molecular formula is C24H32N4O2. The van der Waals surface area contributed by atoms with E-state index in [0.29, 0.717) is 11.7 Å². The summed E-state index contributed by atoms with van der Waals surface area (Å²) in [6.07, 6.45) is 2.43. The molecule has 0 amide bonds. The number of fused-ring (bicyclic) bond motifs is 1. The van der Waals surface area contributed by atoms with Crippen LogP contribution in [0.2, 0.25) is 0 Å².